The van der Waals surface area contributed by atoms with Crippen molar-refractivity contribution in [2.45, 2.75) is 39.5 Å². The van der Waals surface area contributed by atoms with Gasteiger partial charge in [0.25, 0.3) is 0 Å². The first kappa shape index (κ1) is 14.2. The third kappa shape index (κ3) is 2.56. The predicted octanol–water partition coefficient (Wildman–Crippen LogP) is 2.67. The van der Waals surface area contributed by atoms with Crippen LogP contribution in [-0.4, -0.2) is 28.6 Å². The van der Waals surface area contributed by atoms with Gasteiger partial charge in [-0.05, 0) is 6.92 Å². The first-order valence-electron chi connectivity index (χ1n) is 6.27. The molecule has 1 fully saturated rings. The number of rotatable bonds is 3. The fourth-order valence-electron chi connectivity index (χ4n) is 1.81. The summed E-state index contributed by atoms with van der Waals surface area (Å²) in [5.41, 5.74) is 0.406. The molecule has 4 nitrogen and oxygen atoms in total. The molecule has 0 unspecified atom stereocenters. The maximum Gasteiger partial charge on any atom is 0.233 e. The molecule has 1 saturated heterocycles. The first-order chi connectivity index (χ1) is 8.71. The summed E-state index contributed by atoms with van der Waals surface area (Å²) in [5.74, 6) is 0.561. The second-order valence-electron chi connectivity index (χ2n) is 5.86. The minimum absolute atomic E-state index is 0.00931. The van der Waals surface area contributed by atoms with Gasteiger partial charge in [0.15, 0.2) is 5.78 Å². The van der Waals surface area contributed by atoms with Crippen LogP contribution in [0, 0.1) is 5.41 Å². The Hall–Kier alpha value is -1.23. The minimum Gasteiger partial charge on any atom is -0.470 e. The zero-order chi connectivity index (χ0) is 14.4. The van der Waals surface area contributed by atoms with Gasteiger partial charge in [0, 0.05) is 15.9 Å². The van der Waals surface area contributed by atoms with E-state index in [4.69, 9.17) is 4.74 Å². The predicted molar refractivity (Wildman–Crippen MR) is 75.1 cm³/mol. The highest BCUT2D eigenvalue weighted by atomic mass is 32.2. The Labute approximate surface area is 117 Å². The van der Waals surface area contributed by atoms with Gasteiger partial charge in [-0.25, -0.2) is 0 Å². The largest absolute Gasteiger partial charge is 0.470 e. The van der Waals surface area contributed by atoms with Crippen molar-refractivity contribution in [2.75, 3.05) is 6.61 Å². The Kier molecular flexibility index (Phi) is 3.51. The molecular weight excluding hydrogens is 262 g/mol. The lowest BCUT2D eigenvalue weighted by Crippen LogP contribution is -2.52. The summed E-state index contributed by atoms with van der Waals surface area (Å²) in [6.07, 6.45) is 0.511. The SMILES string of the molecule is C=C1S[C@@H]2CC(=O)N2C(OCC(=O)C(C)(C)C)=C1C. The fraction of sp³-hybridized carbons (Fsp3) is 0.571. The molecule has 104 valence electrons. The average Bonchev–Trinajstić information content (AvgIpc) is 2.29. The van der Waals surface area contributed by atoms with Gasteiger partial charge < -0.3 is 4.74 Å². The zero-order valence-corrected chi connectivity index (χ0v) is 12.6. The Morgan fingerprint density at radius 1 is 1.53 bits per heavy atom. The van der Waals surface area contributed by atoms with Crippen LogP contribution in [0.4, 0.5) is 0 Å². The third-order valence-electron chi connectivity index (χ3n) is 3.32. The van der Waals surface area contributed by atoms with E-state index in [1.165, 1.54) is 0 Å². The summed E-state index contributed by atoms with van der Waals surface area (Å²) in [6, 6.07) is 0. The number of hydrogen-bond donors (Lipinski definition) is 0. The second kappa shape index (κ2) is 4.71. The summed E-state index contributed by atoms with van der Waals surface area (Å²) < 4.78 is 5.62. The number of thioether (sulfide) groups is 1. The van der Waals surface area contributed by atoms with Crippen molar-refractivity contribution in [1.82, 2.24) is 4.90 Å². The topological polar surface area (TPSA) is 46.6 Å². The van der Waals surface area contributed by atoms with Crippen LogP contribution in [0.15, 0.2) is 22.9 Å². The standard InChI is InChI=1S/C14H19NO3S/c1-8-9(2)19-12-6-11(17)15(12)13(8)18-7-10(16)14(3,4)5/h12H,2,6-7H2,1,3-5H3/t12-/m1/s1. The van der Waals surface area contributed by atoms with Crippen LogP contribution in [0.2, 0.25) is 0 Å². The summed E-state index contributed by atoms with van der Waals surface area (Å²) in [5, 5.41) is 0.0865. The number of ether oxygens (including phenoxy) is 1. The molecule has 5 heteroatoms. The summed E-state index contributed by atoms with van der Waals surface area (Å²) in [7, 11) is 0. The lowest BCUT2D eigenvalue weighted by atomic mass is 9.91. The monoisotopic (exact) mass is 281 g/mol. The highest BCUT2D eigenvalue weighted by Gasteiger charge is 2.44. The molecule has 2 heterocycles. The van der Waals surface area contributed by atoms with Crippen LogP contribution in [0.1, 0.15) is 34.1 Å². The van der Waals surface area contributed by atoms with Gasteiger partial charge in [-0.15, -0.1) is 11.8 Å². The van der Waals surface area contributed by atoms with E-state index in [-0.39, 0.29) is 23.7 Å². The normalized spacial score (nSPS) is 23.2. The molecule has 2 aliphatic heterocycles. The Balaban J connectivity index is 2.13. The van der Waals surface area contributed by atoms with Crippen molar-refractivity contribution in [2.24, 2.45) is 5.41 Å². The highest BCUT2D eigenvalue weighted by molar-refractivity contribution is 8.04. The van der Waals surface area contributed by atoms with E-state index in [1.807, 2.05) is 27.7 Å². The number of carbonyl (C=O) groups excluding carboxylic acids is 2. The highest BCUT2D eigenvalue weighted by Crippen LogP contribution is 2.45. The van der Waals surface area contributed by atoms with Gasteiger partial charge in [0.05, 0.1) is 11.8 Å². The van der Waals surface area contributed by atoms with E-state index < -0.39 is 5.41 Å². The molecule has 1 amide bonds. The van der Waals surface area contributed by atoms with E-state index in [9.17, 15) is 9.59 Å². The second-order valence-corrected chi connectivity index (χ2v) is 7.13. The molecule has 0 spiro atoms. The minimum atomic E-state index is -0.437. The number of carbonyl (C=O) groups is 2. The number of amides is 1. The van der Waals surface area contributed by atoms with Crippen molar-refractivity contribution >= 4 is 23.5 Å². The smallest absolute Gasteiger partial charge is 0.233 e. The number of fused-ring (bicyclic) bond motifs is 1. The van der Waals surface area contributed by atoms with Crippen molar-refractivity contribution in [3.8, 4) is 0 Å². The van der Waals surface area contributed by atoms with Gasteiger partial charge in [-0.1, -0.05) is 27.4 Å². The van der Waals surface area contributed by atoms with Crippen LogP contribution < -0.4 is 0 Å². The summed E-state index contributed by atoms with van der Waals surface area (Å²) in [4.78, 5) is 26.1. The van der Waals surface area contributed by atoms with Gasteiger partial charge in [0.2, 0.25) is 11.8 Å². The molecule has 1 atom stereocenters. The number of hydrogen-bond acceptors (Lipinski definition) is 4. The Morgan fingerprint density at radius 2 is 2.16 bits per heavy atom. The third-order valence-corrected chi connectivity index (χ3v) is 4.56. The molecule has 2 rings (SSSR count). The van der Waals surface area contributed by atoms with Crippen molar-refractivity contribution in [3.63, 3.8) is 0 Å². The van der Waals surface area contributed by atoms with Crippen molar-refractivity contribution < 1.29 is 14.3 Å². The lowest BCUT2D eigenvalue weighted by molar-refractivity contribution is -0.145. The van der Waals surface area contributed by atoms with E-state index in [0.29, 0.717) is 12.3 Å². The molecular formula is C14H19NO3S. The van der Waals surface area contributed by atoms with E-state index in [1.54, 1.807) is 16.7 Å². The number of Topliss-reactive ketones (excluding diaryl/α,β-unsaturated/α-hetero) is 1. The van der Waals surface area contributed by atoms with Gasteiger partial charge in [-0.2, -0.15) is 0 Å². The molecule has 0 N–H and O–H groups in total. The van der Waals surface area contributed by atoms with Crippen molar-refractivity contribution in [3.05, 3.63) is 22.9 Å². The van der Waals surface area contributed by atoms with Crippen LogP contribution in [0.25, 0.3) is 0 Å². The van der Waals surface area contributed by atoms with E-state index >= 15 is 0 Å². The number of allylic oxidation sites excluding steroid dienone is 1. The van der Waals surface area contributed by atoms with Gasteiger partial charge in [-0.3, -0.25) is 14.5 Å². The quantitative estimate of drug-likeness (QED) is 0.746. The number of ketones is 1. The van der Waals surface area contributed by atoms with E-state index in [2.05, 4.69) is 6.58 Å². The molecule has 0 saturated carbocycles. The van der Waals surface area contributed by atoms with Crippen LogP contribution >= 0.6 is 11.8 Å². The van der Waals surface area contributed by atoms with Crippen LogP contribution in [0.3, 0.4) is 0 Å². The zero-order valence-electron chi connectivity index (χ0n) is 11.8. The molecule has 19 heavy (non-hydrogen) atoms. The molecule has 0 bridgehead atoms. The summed E-state index contributed by atoms with van der Waals surface area (Å²) >= 11 is 1.58. The lowest BCUT2D eigenvalue weighted by Gasteiger charge is -2.44. The number of β-lactam (4-membered cyclic amide) rings is 1. The maximum absolute atomic E-state index is 11.9. The first-order valence-corrected chi connectivity index (χ1v) is 7.14. The maximum atomic E-state index is 11.9. The Bertz CT molecular complexity index is 487. The summed E-state index contributed by atoms with van der Waals surface area (Å²) in [6.45, 7) is 11.4. The van der Waals surface area contributed by atoms with Crippen LogP contribution in [-0.2, 0) is 14.3 Å². The molecule has 0 aliphatic carbocycles. The van der Waals surface area contributed by atoms with Gasteiger partial charge in [0.1, 0.15) is 6.61 Å². The average molecular weight is 281 g/mol. The fourth-order valence-corrected chi connectivity index (χ4v) is 2.94. The molecule has 0 aromatic heterocycles. The molecule has 0 aromatic rings. The Morgan fingerprint density at radius 3 is 2.68 bits per heavy atom. The van der Waals surface area contributed by atoms with Crippen LogP contribution in [0.5, 0.6) is 0 Å². The molecule has 0 radical (unpaired) electrons. The number of nitrogens with zero attached hydrogens (tertiary/aromatic N) is 1. The van der Waals surface area contributed by atoms with Crippen molar-refractivity contribution in [1.29, 1.82) is 0 Å². The van der Waals surface area contributed by atoms with E-state index in [0.717, 1.165) is 10.5 Å². The molecule has 2 aliphatic rings. The molecule has 0 aromatic carbocycles. The van der Waals surface area contributed by atoms with Gasteiger partial charge >= 0.3 is 0 Å².